The third-order valence-electron chi connectivity index (χ3n) is 13.3. The lowest BCUT2D eigenvalue weighted by molar-refractivity contribution is -0.174. The number of carbonyl (C=O) groups excluding carboxylic acids is 2. The fourth-order valence-corrected chi connectivity index (χ4v) is 11.0. The van der Waals surface area contributed by atoms with Crippen LogP contribution in [0.3, 0.4) is 0 Å². The maximum atomic E-state index is 14.5. The first-order chi connectivity index (χ1) is 17.2. The number of H-pyrrole nitrogens is 1. The molecule has 5 nitrogen and oxygen atoms in total. The first-order valence-corrected chi connectivity index (χ1v) is 14.5. The highest BCUT2D eigenvalue weighted by atomic mass is 16.5. The zero-order valence-electron chi connectivity index (χ0n) is 24.2. The Bertz CT molecular complexity index is 1210. The molecular formula is C32H46N2O3. The molecule has 3 saturated carbocycles. The van der Waals surface area contributed by atoms with Crippen LogP contribution in [0.1, 0.15) is 105 Å². The SMILES string of the molecule is COC(=O)[C@@]1(C)CC[C@]2(C)CC[C@]3(C)C(=CC(=O)[C@H]4[C@@]5(C)Cc6cn[nH]c6C(C)(C)[C@H]5CC[C@]43C)[C@H]2C1. The maximum absolute atomic E-state index is 14.5. The Morgan fingerprint density at radius 3 is 2.43 bits per heavy atom. The van der Waals surface area contributed by atoms with E-state index in [1.165, 1.54) is 23.9 Å². The average Bonchev–Trinajstić information content (AvgIpc) is 3.29. The van der Waals surface area contributed by atoms with Crippen LogP contribution in [0.4, 0.5) is 0 Å². The van der Waals surface area contributed by atoms with Crippen LogP contribution in [0.25, 0.3) is 0 Å². The number of ether oxygens (including phenoxy) is 1. The van der Waals surface area contributed by atoms with Crippen molar-refractivity contribution in [2.24, 2.45) is 44.8 Å². The van der Waals surface area contributed by atoms with Crippen LogP contribution >= 0.6 is 0 Å². The summed E-state index contributed by atoms with van der Waals surface area (Å²) in [5, 5.41) is 7.75. The number of aromatic amines is 1. The first kappa shape index (κ1) is 25.4. The number of fused-ring (bicyclic) bond motifs is 8. The molecule has 6 rings (SSSR count). The van der Waals surface area contributed by atoms with E-state index in [4.69, 9.17) is 4.74 Å². The fraction of sp³-hybridized carbons (Fsp3) is 0.781. The zero-order chi connectivity index (χ0) is 26.8. The van der Waals surface area contributed by atoms with Gasteiger partial charge in [-0.05, 0) is 103 Å². The molecule has 0 unspecified atom stereocenters. The van der Waals surface area contributed by atoms with E-state index in [-0.39, 0.29) is 44.9 Å². The van der Waals surface area contributed by atoms with E-state index in [2.05, 4.69) is 64.7 Å². The second kappa shape index (κ2) is 7.39. The minimum Gasteiger partial charge on any atom is -0.469 e. The van der Waals surface area contributed by atoms with Crippen molar-refractivity contribution < 1.29 is 14.3 Å². The van der Waals surface area contributed by atoms with Crippen molar-refractivity contribution in [3.8, 4) is 0 Å². The number of hydrogen-bond donors (Lipinski definition) is 1. The van der Waals surface area contributed by atoms with Crippen molar-refractivity contribution in [2.75, 3.05) is 7.11 Å². The lowest BCUT2D eigenvalue weighted by atomic mass is 9.33. The molecule has 202 valence electrons. The molecule has 0 bridgehead atoms. The van der Waals surface area contributed by atoms with E-state index in [0.717, 1.165) is 51.4 Å². The molecular weight excluding hydrogens is 460 g/mol. The van der Waals surface area contributed by atoms with E-state index in [1.54, 1.807) is 0 Å². The summed E-state index contributed by atoms with van der Waals surface area (Å²) >= 11 is 0. The second-order valence-electron chi connectivity index (χ2n) is 15.4. The van der Waals surface area contributed by atoms with Crippen LogP contribution < -0.4 is 0 Å². The molecule has 0 aliphatic heterocycles. The Hall–Kier alpha value is -1.91. The van der Waals surface area contributed by atoms with Gasteiger partial charge >= 0.3 is 5.97 Å². The number of esters is 1. The minimum absolute atomic E-state index is 0.00485. The second-order valence-corrected chi connectivity index (χ2v) is 15.4. The maximum Gasteiger partial charge on any atom is 0.311 e. The summed E-state index contributed by atoms with van der Waals surface area (Å²) in [6.07, 6.45) is 12.2. The van der Waals surface area contributed by atoms with Crippen LogP contribution in [0.15, 0.2) is 17.8 Å². The number of ketones is 1. The van der Waals surface area contributed by atoms with Crippen LogP contribution in [-0.2, 0) is 26.2 Å². The Balaban J connectivity index is 1.47. The summed E-state index contributed by atoms with van der Waals surface area (Å²) in [4.78, 5) is 27.4. The lowest BCUT2D eigenvalue weighted by Crippen LogP contribution is -2.66. The van der Waals surface area contributed by atoms with Crippen molar-refractivity contribution >= 4 is 11.8 Å². The summed E-state index contributed by atoms with van der Waals surface area (Å²) in [6, 6.07) is 0. The largest absolute Gasteiger partial charge is 0.469 e. The Morgan fingerprint density at radius 2 is 1.73 bits per heavy atom. The van der Waals surface area contributed by atoms with E-state index in [1.807, 2.05) is 6.20 Å². The number of aromatic nitrogens is 2. The molecule has 0 spiro atoms. The number of rotatable bonds is 1. The normalized spacial score (nSPS) is 47.9. The quantitative estimate of drug-likeness (QED) is 0.437. The third kappa shape index (κ3) is 2.95. The highest BCUT2D eigenvalue weighted by Gasteiger charge is 2.70. The average molecular weight is 507 g/mol. The van der Waals surface area contributed by atoms with Gasteiger partial charge in [-0.15, -0.1) is 0 Å². The highest BCUT2D eigenvalue weighted by molar-refractivity contribution is 5.96. The van der Waals surface area contributed by atoms with Crippen molar-refractivity contribution in [2.45, 2.75) is 105 Å². The van der Waals surface area contributed by atoms with E-state index < -0.39 is 5.41 Å². The monoisotopic (exact) mass is 506 g/mol. The number of nitrogens with zero attached hydrogens (tertiary/aromatic N) is 1. The molecule has 5 heteroatoms. The fourth-order valence-electron chi connectivity index (χ4n) is 11.0. The van der Waals surface area contributed by atoms with E-state index in [9.17, 15) is 9.59 Å². The van der Waals surface area contributed by atoms with E-state index in [0.29, 0.717) is 11.7 Å². The van der Waals surface area contributed by atoms with Crippen LogP contribution in [0.5, 0.6) is 0 Å². The summed E-state index contributed by atoms with van der Waals surface area (Å²) in [7, 11) is 1.51. The van der Waals surface area contributed by atoms with Gasteiger partial charge in [0, 0.05) is 17.0 Å². The summed E-state index contributed by atoms with van der Waals surface area (Å²) in [5.41, 5.74) is 3.28. The van der Waals surface area contributed by atoms with Gasteiger partial charge < -0.3 is 4.74 Å². The number of nitrogens with one attached hydrogen (secondary N) is 1. The predicted molar refractivity (Wildman–Crippen MR) is 144 cm³/mol. The van der Waals surface area contributed by atoms with Gasteiger partial charge in [0.05, 0.1) is 18.7 Å². The molecule has 1 aromatic heterocycles. The molecule has 5 aliphatic carbocycles. The smallest absolute Gasteiger partial charge is 0.311 e. The molecule has 0 aromatic carbocycles. The van der Waals surface area contributed by atoms with Crippen LogP contribution in [0, 0.1) is 44.8 Å². The van der Waals surface area contributed by atoms with Gasteiger partial charge in [0.15, 0.2) is 5.78 Å². The molecule has 1 heterocycles. The van der Waals surface area contributed by atoms with Crippen molar-refractivity contribution in [1.29, 1.82) is 0 Å². The van der Waals surface area contributed by atoms with E-state index >= 15 is 0 Å². The summed E-state index contributed by atoms with van der Waals surface area (Å²) in [5.74, 6) is 0.913. The molecule has 1 aromatic rings. The third-order valence-corrected chi connectivity index (χ3v) is 13.3. The minimum atomic E-state index is -0.479. The molecule has 3 fully saturated rings. The zero-order valence-corrected chi connectivity index (χ0v) is 24.2. The van der Waals surface area contributed by atoms with Gasteiger partial charge in [0.25, 0.3) is 0 Å². The summed E-state index contributed by atoms with van der Waals surface area (Å²) < 4.78 is 5.27. The molecule has 8 atom stereocenters. The molecule has 37 heavy (non-hydrogen) atoms. The lowest BCUT2D eigenvalue weighted by Gasteiger charge is -2.69. The van der Waals surface area contributed by atoms with Gasteiger partial charge in [0.2, 0.25) is 0 Å². The van der Waals surface area contributed by atoms with Gasteiger partial charge in [-0.25, -0.2) is 0 Å². The van der Waals surface area contributed by atoms with Crippen LogP contribution in [0.2, 0.25) is 0 Å². The van der Waals surface area contributed by atoms with Crippen molar-refractivity contribution in [3.63, 3.8) is 0 Å². The number of methoxy groups -OCH3 is 1. The Kier molecular flexibility index (Phi) is 5.06. The number of carbonyl (C=O) groups is 2. The number of allylic oxidation sites excluding steroid dienone is 2. The standard InChI is InChI=1S/C32H46N2O3/c1-27(2)23-9-10-32(7)24(30(23,5)16-19-18-33-34-25(19)27)22(35)15-20-21-17-29(4,26(36)37-8)12-11-28(21,3)13-14-31(20,32)6/h15,18,21,23-24H,9-14,16-17H2,1-8H3,(H,33,34)/t21-,23-,24+,28-,29+,30+,31-,32-/m1/s1. The summed E-state index contributed by atoms with van der Waals surface area (Å²) in [6.45, 7) is 16.5. The van der Waals surface area contributed by atoms with Crippen molar-refractivity contribution in [3.05, 3.63) is 29.1 Å². The van der Waals surface area contributed by atoms with Gasteiger partial charge in [0.1, 0.15) is 0 Å². The van der Waals surface area contributed by atoms with Crippen molar-refractivity contribution in [1.82, 2.24) is 10.2 Å². The van der Waals surface area contributed by atoms with Gasteiger partial charge in [-0.1, -0.05) is 47.1 Å². The topological polar surface area (TPSA) is 72.1 Å². The van der Waals surface area contributed by atoms with Crippen LogP contribution in [-0.4, -0.2) is 29.1 Å². The molecule has 1 N–H and O–H groups in total. The highest BCUT2D eigenvalue weighted by Crippen LogP contribution is 2.74. The van der Waals surface area contributed by atoms with Gasteiger partial charge in [-0.3, -0.25) is 14.7 Å². The number of hydrogen-bond acceptors (Lipinski definition) is 4. The Morgan fingerprint density at radius 1 is 1.03 bits per heavy atom. The van der Waals surface area contributed by atoms with Gasteiger partial charge in [-0.2, -0.15) is 5.10 Å². The molecule has 0 amide bonds. The predicted octanol–water partition coefficient (Wildman–Crippen LogP) is 6.58. The molecule has 0 radical (unpaired) electrons. The molecule has 0 saturated heterocycles. The Labute approximate surface area is 222 Å². The first-order valence-electron chi connectivity index (χ1n) is 14.5. The molecule has 5 aliphatic rings.